The van der Waals surface area contributed by atoms with Gasteiger partial charge < -0.3 is 15.2 Å². The van der Waals surface area contributed by atoms with Crippen molar-refractivity contribution in [3.63, 3.8) is 0 Å². The van der Waals surface area contributed by atoms with Gasteiger partial charge >= 0.3 is 12.1 Å². The fourth-order valence-corrected chi connectivity index (χ4v) is 3.04. The van der Waals surface area contributed by atoms with Gasteiger partial charge in [-0.1, -0.05) is 19.3 Å². The number of carboxylic acids is 1. The van der Waals surface area contributed by atoms with Gasteiger partial charge in [0.05, 0.1) is 0 Å². The molecule has 0 heterocycles. The normalized spacial score (nSPS) is 19.4. The van der Waals surface area contributed by atoms with Crippen LogP contribution in [0.2, 0.25) is 0 Å². The van der Waals surface area contributed by atoms with Crippen molar-refractivity contribution in [3.8, 4) is 0 Å². The lowest BCUT2D eigenvalue weighted by molar-refractivity contribution is -0.150. The van der Waals surface area contributed by atoms with E-state index in [4.69, 9.17) is 4.74 Å². The van der Waals surface area contributed by atoms with Gasteiger partial charge in [0.1, 0.15) is 17.2 Å². The van der Waals surface area contributed by atoms with E-state index < -0.39 is 35.2 Å². The summed E-state index contributed by atoms with van der Waals surface area (Å²) in [6.07, 6.45) is 3.97. The molecular weight excluding hydrogens is 324 g/mol. The summed E-state index contributed by atoms with van der Waals surface area (Å²) >= 11 is 0. The third kappa shape index (κ3) is 5.61. The van der Waals surface area contributed by atoms with Crippen molar-refractivity contribution < 1.29 is 24.2 Å². The third-order valence-electron chi connectivity index (χ3n) is 4.89. The Morgan fingerprint density at radius 1 is 1.12 bits per heavy atom. The van der Waals surface area contributed by atoms with E-state index in [0.29, 0.717) is 0 Å². The van der Waals surface area contributed by atoms with Crippen LogP contribution in [-0.4, -0.2) is 52.2 Å². The van der Waals surface area contributed by atoms with E-state index in [1.54, 1.807) is 34.6 Å². The first kappa shape index (κ1) is 21.3. The van der Waals surface area contributed by atoms with Crippen molar-refractivity contribution >= 4 is 18.0 Å². The Hall–Kier alpha value is -1.79. The lowest BCUT2D eigenvalue weighted by atomic mass is 9.75. The fourth-order valence-electron chi connectivity index (χ4n) is 3.04. The van der Waals surface area contributed by atoms with Gasteiger partial charge in [0.15, 0.2) is 0 Å². The summed E-state index contributed by atoms with van der Waals surface area (Å²) in [7, 11) is 1.47. The number of nitrogens with one attached hydrogen (secondary N) is 1. The van der Waals surface area contributed by atoms with Crippen molar-refractivity contribution in [1.29, 1.82) is 0 Å². The molecule has 2 amide bonds. The summed E-state index contributed by atoms with van der Waals surface area (Å²) in [4.78, 5) is 37.7. The van der Waals surface area contributed by atoms with Gasteiger partial charge in [-0.25, -0.2) is 9.59 Å². The first-order valence-corrected chi connectivity index (χ1v) is 8.89. The van der Waals surface area contributed by atoms with Gasteiger partial charge in [0.2, 0.25) is 5.91 Å². The highest BCUT2D eigenvalue weighted by Gasteiger charge is 2.44. The molecule has 0 aromatic heterocycles. The molecule has 1 fully saturated rings. The second-order valence-electron chi connectivity index (χ2n) is 8.10. The van der Waals surface area contributed by atoms with Crippen LogP contribution in [0.1, 0.15) is 66.7 Å². The molecule has 0 aliphatic heterocycles. The summed E-state index contributed by atoms with van der Waals surface area (Å²) in [5.74, 6) is -1.65. The number of aliphatic carboxylic acids is 1. The lowest BCUT2D eigenvalue weighted by Crippen LogP contribution is -2.61. The van der Waals surface area contributed by atoms with Crippen molar-refractivity contribution in [3.05, 3.63) is 0 Å². The van der Waals surface area contributed by atoms with Crippen LogP contribution >= 0.6 is 0 Å². The Balaban J connectivity index is 2.82. The molecule has 0 spiro atoms. The van der Waals surface area contributed by atoms with Crippen molar-refractivity contribution in [2.75, 3.05) is 7.05 Å². The van der Waals surface area contributed by atoms with Crippen LogP contribution in [0.4, 0.5) is 4.79 Å². The second kappa shape index (κ2) is 8.06. The number of likely N-dealkylation sites (N-methyl/N-ethyl adjacent to an activating group) is 1. The smallest absolute Gasteiger partial charge is 0.410 e. The molecule has 7 heteroatoms. The Kier molecular flexibility index (Phi) is 6.85. The minimum atomic E-state index is -1.33. The molecule has 0 radical (unpaired) electrons. The number of carboxylic acid groups (broad SMARTS) is 1. The van der Waals surface area contributed by atoms with Crippen LogP contribution in [-0.2, 0) is 14.3 Å². The van der Waals surface area contributed by atoms with E-state index in [-0.39, 0.29) is 5.92 Å². The van der Waals surface area contributed by atoms with E-state index in [2.05, 4.69) is 5.32 Å². The maximum absolute atomic E-state index is 12.6. The molecule has 2 atom stereocenters. The van der Waals surface area contributed by atoms with E-state index in [1.165, 1.54) is 11.9 Å². The molecule has 1 unspecified atom stereocenters. The van der Waals surface area contributed by atoms with Crippen molar-refractivity contribution in [1.82, 2.24) is 10.2 Å². The number of amides is 2. The summed E-state index contributed by atoms with van der Waals surface area (Å²) < 4.78 is 5.26. The predicted octanol–water partition coefficient (Wildman–Crippen LogP) is 2.78. The summed E-state index contributed by atoms with van der Waals surface area (Å²) in [5.41, 5.74) is -2.00. The monoisotopic (exact) mass is 356 g/mol. The van der Waals surface area contributed by atoms with Crippen LogP contribution < -0.4 is 5.32 Å². The minimum Gasteiger partial charge on any atom is -0.480 e. The molecule has 0 aromatic carbocycles. The lowest BCUT2D eigenvalue weighted by Gasteiger charge is -2.38. The van der Waals surface area contributed by atoms with Gasteiger partial charge in [0.25, 0.3) is 0 Å². The molecule has 1 rings (SSSR count). The highest BCUT2D eigenvalue weighted by atomic mass is 16.6. The maximum atomic E-state index is 12.6. The van der Waals surface area contributed by atoms with Gasteiger partial charge in [-0.2, -0.15) is 0 Å². The second-order valence-corrected chi connectivity index (χ2v) is 8.10. The average molecular weight is 356 g/mol. The van der Waals surface area contributed by atoms with E-state index >= 15 is 0 Å². The van der Waals surface area contributed by atoms with Gasteiger partial charge in [-0.3, -0.25) is 9.69 Å². The standard InChI is InChI=1S/C18H32N2O5/c1-12(20(6)16(24)25-17(2,3)4)14(21)19-18(5,15(22)23)13-10-8-7-9-11-13/h12-13H,7-11H2,1-6H3,(H,19,21)(H,22,23)/t12-,18?/m0/s1. The van der Waals surface area contributed by atoms with Gasteiger partial charge in [-0.15, -0.1) is 0 Å². The average Bonchev–Trinajstić information content (AvgIpc) is 2.52. The van der Waals surface area contributed by atoms with Crippen LogP contribution in [0, 0.1) is 5.92 Å². The zero-order chi connectivity index (χ0) is 19.4. The first-order chi connectivity index (χ1) is 11.4. The molecule has 0 aromatic rings. The zero-order valence-electron chi connectivity index (χ0n) is 16.2. The fraction of sp³-hybridized carbons (Fsp3) is 0.833. The number of ether oxygens (including phenoxy) is 1. The highest BCUT2D eigenvalue weighted by molar-refractivity contribution is 5.91. The quantitative estimate of drug-likeness (QED) is 0.790. The summed E-state index contributed by atoms with van der Waals surface area (Å²) in [5, 5.41) is 12.4. The number of carbonyl (C=O) groups is 3. The van der Waals surface area contributed by atoms with Crippen LogP contribution in [0.3, 0.4) is 0 Å². The van der Waals surface area contributed by atoms with Gasteiger partial charge in [0, 0.05) is 7.05 Å². The number of rotatable bonds is 5. The summed E-state index contributed by atoms with van der Waals surface area (Å²) in [6, 6.07) is -0.836. The Morgan fingerprint density at radius 2 is 1.64 bits per heavy atom. The van der Waals surface area contributed by atoms with E-state index in [9.17, 15) is 19.5 Å². The van der Waals surface area contributed by atoms with E-state index in [0.717, 1.165) is 32.1 Å². The highest BCUT2D eigenvalue weighted by Crippen LogP contribution is 2.33. The molecule has 7 nitrogen and oxygen atoms in total. The number of carbonyl (C=O) groups excluding carboxylic acids is 2. The Bertz CT molecular complexity index is 508. The molecule has 1 aliphatic rings. The SMILES string of the molecule is C[C@@H](C(=O)NC(C)(C(=O)O)C1CCCCC1)N(C)C(=O)OC(C)(C)C. The molecule has 1 aliphatic carbocycles. The Labute approximate surface area is 150 Å². The molecule has 144 valence electrons. The van der Waals surface area contributed by atoms with Crippen molar-refractivity contribution in [2.45, 2.75) is 83.9 Å². The first-order valence-electron chi connectivity index (χ1n) is 8.89. The third-order valence-corrected chi connectivity index (χ3v) is 4.89. The van der Waals surface area contributed by atoms with E-state index in [1.807, 2.05) is 0 Å². The van der Waals surface area contributed by atoms with Crippen molar-refractivity contribution in [2.24, 2.45) is 5.92 Å². The Morgan fingerprint density at radius 3 is 2.08 bits per heavy atom. The predicted molar refractivity (Wildman–Crippen MR) is 94.2 cm³/mol. The maximum Gasteiger partial charge on any atom is 0.410 e. The number of hydrogen-bond donors (Lipinski definition) is 2. The topological polar surface area (TPSA) is 95.9 Å². The molecule has 0 saturated heterocycles. The molecule has 0 bridgehead atoms. The molecular formula is C18H32N2O5. The van der Waals surface area contributed by atoms with Gasteiger partial charge in [-0.05, 0) is 53.4 Å². The van der Waals surface area contributed by atoms with Crippen LogP contribution in [0.15, 0.2) is 0 Å². The minimum absolute atomic E-state index is 0.110. The zero-order valence-corrected chi connectivity index (χ0v) is 16.2. The molecule has 2 N–H and O–H groups in total. The van der Waals surface area contributed by atoms with Crippen LogP contribution in [0.25, 0.3) is 0 Å². The summed E-state index contributed by atoms with van der Waals surface area (Å²) in [6.45, 7) is 8.35. The largest absolute Gasteiger partial charge is 0.480 e. The molecule has 1 saturated carbocycles. The van der Waals surface area contributed by atoms with Crippen LogP contribution in [0.5, 0.6) is 0 Å². The number of hydrogen-bond acceptors (Lipinski definition) is 4. The molecule has 25 heavy (non-hydrogen) atoms. The number of nitrogens with zero attached hydrogens (tertiary/aromatic N) is 1.